The van der Waals surface area contributed by atoms with Crippen molar-refractivity contribution in [2.45, 2.75) is 32.1 Å². The van der Waals surface area contributed by atoms with E-state index >= 15 is 0 Å². The number of aryl methyl sites for hydroxylation is 1. The van der Waals surface area contributed by atoms with Gasteiger partial charge in [0.15, 0.2) is 0 Å². The zero-order valence-corrected chi connectivity index (χ0v) is 10.4. The minimum Gasteiger partial charge on any atom is -0.478 e. The van der Waals surface area contributed by atoms with Crippen LogP contribution in [0.5, 0.6) is 0 Å². The standard InChI is InChI=1S/C15H18O3/c16-14(17)12-2-1-11-3-4-15(10-13(11)9-12)5-7-18-8-6-15/h1-2,9H,3-8,10H2,(H,16,17). The Labute approximate surface area is 107 Å². The van der Waals surface area contributed by atoms with Crippen molar-refractivity contribution in [2.75, 3.05) is 13.2 Å². The van der Waals surface area contributed by atoms with E-state index in [1.54, 1.807) is 6.07 Å². The first-order valence-corrected chi connectivity index (χ1v) is 6.61. The Morgan fingerprint density at radius 3 is 2.67 bits per heavy atom. The lowest BCUT2D eigenvalue weighted by atomic mass is 9.67. The average Bonchev–Trinajstić information content (AvgIpc) is 2.38. The molecule has 1 aromatic rings. The molecule has 1 aliphatic heterocycles. The molecular formula is C15H18O3. The Morgan fingerprint density at radius 2 is 1.94 bits per heavy atom. The third-order valence-corrected chi connectivity index (χ3v) is 4.50. The molecule has 1 saturated heterocycles. The van der Waals surface area contributed by atoms with Crippen molar-refractivity contribution in [1.29, 1.82) is 0 Å². The van der Waals surface area contributed by atoms with E-state index in [0.29, 0.717) is 11.0 Å². The van der Waals surface area contributed by atoms with Crippen LogP contribution in [0.3, 0.4) is 0 Å². The second-order valence-electron chi connectivity index (χ2n) is 5.58. The lowest BCUT2D eigenvalue weighted by molar-refractivity contribution is 0.00750. The van der Waals surface area contributed by atoms with Gasteiger partial charge >= 0.3 is 5.97 Å². The summed E-state index contributed by atoms with van der Waals surface area (Å²) in [5.41, 5.74) is 3.35. The predicted octanol–water partition coefficient (Wildman–Crippen LogP) is 2.67. The molecule has 0 amide bonds. The number of benzene rings is 1. The largest absolute Gasteiger partial charge is 0.478 e. The van der Waals surface area contributed by atoms with E-state index in [-0.39, 0.29) is 0 Å². The Kier molecular flexibility index (Phi) is 2.86. The monoisotopic (exact) mass is 246 g/mol. The lowest BCUT2D eigenvalue weighted by Gasteiger charge is -2.41. The Balaban J connectivity index is 1.90. The molecule has 1 aromatic carbocycles. The van der Waals surface area contributed by atoms with E-state index < -0.39 is 5.97 Å². The first-order chi connectivity index (χ1) is 8.69. The van der Waals surface area contributed by atoms with Gasteiger partial charge in [0.1, 0.15) is 0 Å². The van der Waals surface area contributed by atoms with Crippen molar-refractivity contribution >= 4 is 5.97 Å². The van der Waals surface area contributed by atoms with Gasteiger partial charge in [-0.15, -0.1) is 0 Å². The summed E-state index contributed by atoms with van der Waals surface area (Å²) in [4.78, 5) is 11.0. The smallest absolute Gasteiger partial charge is 0.335 e. The summed E-state index contributed by atoms with van der Waals surface area (Å²) in [5, 5.41) is 9.07. The topological polar surface area (TPSA) is 46.5 Å². The number of carboxylic acid groups (broad SMARTS) is 1. The second kappa shape index (κ2) is 4.39. The summed E-state index contributed by atoms with van der Waals surface area (Å²) in [6.45, 7) is 1.71. The van der Waals surface area contributed by atoms with E-state index in [2.05, 4.69) is 0 Å². The highest BCUT2D eigenvalue weighted by atomic mass is 16.5. The summed E-state index contributed by atoms with van der Waals surface area (Å²) < 4.78 is 5.45. The zero-order chi connectivity index (χ0) is 12.6. The van der Waals surface area contributed by atoms with Crippen molar-refractivity contribution in [1.82, 2.24) is 0 Å². The summed E-state index contributed by atoms with van der Waals surface area (Å²) in [7, 11) is 0. The van der Waals surface area contributed by atoms with Gasteiger partial charge in [0.2, 0.25) is 0 Å². The average molecular weight is 246 g/mol. The first kappa shape index (κ1) is 11.7. The fraction of sp³-hybridized carbons (Fsp3) is 0.533. The minimum atomic E-state index is -0.829. The van der Waals surface area contributed by atoms with E-state index in [9.17, 15) is 4.79 Å². The zero-order valence-electron chi connectivity index (χ0n) is 10.4. The molecule has 0 atom stereocenters. The summed E-state index contributed by atoms with van der Waals surface area (Å²) >= 11 is 0. The third-order valence-electron chi connectivity index (χ3n) is 4.50. The summed E-state index contributed by atoms with van der Waals surface area (Å²) in [6.07, 6.45) is 5.55. The van der Waals surface area contributed by atoms with E-state index in [0.717, 1.165) is 38.9 Å². The van der Waals surface area contributed by atoms with Crippen LogP contribution in [0.2, 0.25) is 0 Å². The van der Waals surface area contributed by atoms with Gasteiger partial charge < -0.3 is 9.84 Å². The van der Waals surface area contributed by atoms with Crippen molar-refractivity contribution in [3.63, 3.8) is 0 Å². The molecule has 3 rings (SSSR count). The van der Waals surface area contributed by atoms with Crippen LogP contribution >= 0.6 is 0 Å². The number of carbonyl (C=O) groups is 1. The number of carboxylic acids is 1. The van der Waals surface area contributed by atoms with Gasteiger partial charge in [-0.25, -0.2) is 4.79 Å². The highest BCUT2D eigenvalue weighted by Gasteiger charge is 2.36. The Morgan fingerprint density at radius 1 is 1.17 bits per heavy atom. The molecule has 0 saturated carbocycles. The molecule has 0 aromatic heterocycles. The molecule has 1 fully saturated rings. The number of aromatic carboxylic acids is 1. The first-order valence-electron chi connectivity index (χ1n) is 6.61. The highest BCUT2D eigenvalue weighted by Crippen LogP contribution is 2.43. The molecule has 1 heterocycles. The van der Waals surface area contributed by atoms with Crippen molar-refractivity contribution in [2.24, 2.45) is 5.41 Å². The molecule has 3 nitrogen and oxygen atoms in total. The van der Waals surface area contributed by atoms with E-state index in [1.807, 2.05) is 12.1 Å². The van der Waals surface area contributed by atoms with E-state index in [1.165, 1.54) is 17.5 Å². The predicted molar refractivity (Wildman–Crippen MR) is 67.9 cm³/mol. The van der Waals surface area contributed by atoms with Crippen LogP contribution in [0.4, 0.5) is 0 Å². The van der Waals surface area contributed by atoms with Crippen LogP contribution in [-0.4, -0.2) is 24.3 Å². The fourth-order valence-electron chi connectivity index (χ4n) is 3.29. The molecular weight excluding hydrogens is 228 g/mol. The quantitative estimate of drug-likeness (QED) is 0.828. The van der Waals surface area contributed by atoms with Crippen LogP contribution in [0.25, 0.3) is 0 Å². The molecule has 2 aliphatic rings. The van der Waals surface area contributed by atoms with Gasteiger partial charge in [0.25, 0.3) is 0 Å². The minimum absolute atomic E-state index is 0.363. The van der Waals surface area contributed by atoms with Gasteiger partial charge in [-0.2, -0.15) is 0 Å². The Bertz CT molecular complexity index is 473. The molecule has 1 spiro atoms. The fourth-order valence-corrected chi connectivity index (χ4v) is 3.29. The van der Waals surface area contributed by atoms with Gasteiger partial charge in [-0.05, 0) is 60.8 Å². The molecule has 18 heavy (non-hydrogen) atoms. The summed E-state index contributed by atoms with van der Waals surface area (Å²) in [5.74, 6) is -0.829. The van der Waals surface area contributed by atoms with Crippen LogP contribution in [-0.2, 0) is 17.6 Å². The maximum absolute atomic E-state index is 11.0. The molecule has 0 unspecified atom stereocenters. The maximum Gasteiger partial charge on any atom is 0.335 e. The van der Waals surface area contributed by atoms with Crippen molar-refractivity contribution < 1.29 is 14.6 Å². The molecule has 1 N–H and O–H groups in total. The molecule has 96 valence electrons. The van der Waals surface area contributed by atoms with Gasteiger partial charge in [0.05, 0.1) is 5.56 Å². The number of ether oxygens (including phenoxy) is 1. The SMILES string of the molecule is O=C(O)c1ccc2c(c1)CC1(CCOCC1)CC2. The maximum atomic E-state index is 11.0. The van der Waals surface area contributed by atoms with Crippen LogP contribution in [0.1, 0.15) is 40.7 Å². The normalized spacial score (nSPS) is 21.6. The third kappa shape index (κ3) is 2.03. The number of rotatable bonds is 1. The molecule has 0 bridgehead atoms. The molecule has 1 aliphatic carbocycles. The van der Waals surface area contributed by atoms with Crippen molar-refractivity contribution in [3.05, 3.63) is 34.9 Å². The van der Waals surface area contributed by atoms with Crippen LogP contribution < -0.4 is 0 Å². The van der Waals surface area contributed by atoms with Crippen molar-refractivity contribution in [3.8, 4) is 0 Å². The Hall–Kier alpha value is -1.35. The number of fused-ring (bicyclic) bond motifs is 1. The molecule has 3 heteroatoms. The van der Waals surface area contributed by atoms with Crippen LogP contribution in [0, 0.1) is 5.41 Å². The summed E-state index contributed by atoms with van der Waals surface area (Å²) in [6, 6.07) is 5.59. The van der Waals surface area contributed by atoms with E-state index in [4.69, 9.17) is 9.84 Å². The lowest BCUT2D eigenvalue weighted by Crippen LogP contribution is -2.35. The highest BCUT2D eigenvalue weighted by molar-refractivity contribution is 5.87. The van der Waals surface area contributed by atoms with Gasteiger partial charge in [0, 0.05) is 13.2 Å². The number of hydrogen-bond donors (Lipinski definition) is 1. The number of hydrogen-bond acceptors (Lipinski definition) is 2. The molecule has 0 radical (unpaired) electrons. The second-order valence-corrected chi connectivity index (χ2v) is 5.58. The van der Waals surface area contributed by atoms with Gasteiger partial charge in [-0.1, -0.05) is 6.07 Å². The van der Waals surface area contributed by atoms with Crippen LogP contribution in [0.15, 0.2) is 18.2 Å². The van der Waals surface area contributed by atoms with Gasteiger partial charge in [-0.3, -0.25) is 0 Å².